The van der Waals surface area contributed by atoms with Gasteiger partial charge in [0.1, 0.15) is 16.9 Å². The third kappa shape index (κ3) is 9.12. The van der Waals surface area contributed by atoms with Crippen LogP contribution in [0.25, 0.3) is 22.1 Å². The fraction of sp³-hybridized carbons (Fsp3) is 0.176. The van der Waals surface area contributed by atoms with Gasteiger partial charge in [-0.1, -0.05) is 43.5 Å². The highest BCUT2D eigenvalue weighted by Crippen LogP contribution is 2.35. The number of hydrogen-bond acceptors (Lipinski definition) is 10. The first-order valence-electron chi connectivity index (χ1n) is 15.6. The van der Waals surface area contributed by atoms with Crippen LogP contribution in [0.4, 0.5) is 35.9 Å². The Morgan fingerprint density at radius 1 is 0.741 bits per heavy atom. The number of hydrogen-bond donors (Lipinski definition) is 6. The van der Waals surface area contributed by atoms with Crippen molar-refractivity contribution in [2.75, 3.05) is 37.1 Å². The lowest BCUT2D eigenvalue weighted by Gasteiger charge is -2.15. The zero-order valence-corrected chi connectivity index (χ0v) is 32.1. The summed E-state index contributed by atoms with van der Waals surface area (Å²) in [4.78, 5) is 42.6. The molecule has 6 rings (SSSR count). The molecule has 0 bridgehead atoms. The zero-order chi connectivity index (χ0) is 39.1. The number of amides is 2. The Morgan fingerprint density at radius 2 is 1.19 bits per heavy atom. The minimum absolute atomic E-state index is 0.000486. The number of halogens is 6. The molecule has 0 atom stereocenters. The highest BCUT2D eigenvalue weighted by atomic mass is 79.9. The number of anilines is 4. The van der Waals surface area contributed by atoms with Crippen LogP contribution < -0.4 is 21.6 Å². The van der Waals surface area contributed by atoms with Crippen molar-refractivity contribution >= 4 is 100 Å². The van der Waals surface area contributed by atoms with E-state index in [1.54, 1.807) is 47.5 Å². The molecular formula is C34H30Br2ClF3N8O6. The van der Waals surface area contributed by atoms with Gasteiger partial charge in [-0.05, 0) is 48.5 Å². The lowest BCUT2D eigenvalue weighted by atomic mass is 10.1. The maximum Gasteiger partial charge on any atom is 0.277 e. The highest BCUT2D eigenvalue weighted by molar-refractivity contribution is 9.10. The average Bonchev–Trinajstić information content (AvgIpc) is 3.71. The molecule has 2 amide bonds. The molecule has 2 aromatic heterocycles. The van der Waals surface area contributed by atoms with Gasteiger partial charge < -0.3 is 30.0 Å². The van der Waals surface area contributed by atoms with Gasteiger partial charge >= 0.3 is 0 Å². The van der Waals surface area contributed by atoms with Crippen molar-refractivity contribution < 1.29 is 42.6 Å². The Kier molecular flexibility index (Phi) is 13.5. The summed E-state index contributed by atoms with van der Waals surface area (Å²) in [5, 5.41) is 23.3. The van der Waals surface area contributed by atoms with Crippen molar-refractivity contribution in [2.24, 2.45) is 14.1 Å². The van der Waals surface area contributed by atoms with Crippen molar-refractivity contribution in [1.29, 1.82) is 0 Å². The fourth-order valence-electron chi connectivity index (χ4n) is 4.94. The van der Waals surface area contributed by atoms with E-state index >= 15 is 8.78 Å². The predicted octanol–water partition coefficient (Wildman–Crippen LogP) is 6.54. The van der Waals surface area contributed by atoms with E-state index in [9.17, 15) is 14.0 Å². The first-order valence-corrected chi connectivity index (χ1v) is 17.6. The topological polar surface area (TPSA) is 177 Å². The summed E-state index contributed by atoms with van der Waals surface area (Å²) in [6.07, 6.45) is 2.86. The molecule has 0 saturated heterocycles. The summed E-state index contributed by atoms with van der Waals surface area (Å²) in [6.45, 7) is -0.796. The maximum absolute atomic E-state index is 15.1. The molecule has 2 heterocycles. The Bertz CT molecular complexity index is 2180. The highest BCUT2D eigenvalue weighted by Gasteiger charge is 2.24. The van der Waals surface area contributed by atoms with Crippen LogP contribution >= 0.6 is 43.5 Å². The van der Waals surface area contributed by atoms with E-state index in [2.05, 4.69) is 63.4 Å². The summed E-state index contributed by atoms with van der Waals surface area (Å²) in [5.74, 6) is -3.57. The Morgan fingerprint density at radius 3 is 1.63 bits per heavy atom. The number of rotatable bonds is 12. The lowest BCUT2D eigenvalue weighted by molar-refractivity contribution is 0.0166. The minimum Gasteiger partial charge on any atom is -0.394 e. The fourth-order valence-corrected chi connectivity index (χ4v) is 5.99. The smallest absolute Gasteiger partial charge is 0.277 e. The van der Waals surface area contributed by atoms with Crippen LogP contribution in [0.3, 0.4) is 0 Å². The van der Waals surface area contributed by atoms with E-state index in [1.807, 2.05) is 0 Å². The van der Waals surface area contributed by atoms with Crippen molar-refractivity contribution in [1.82, 2.24) is 30.1 Å². The molecule has 4 aromatic carbocycles. The number of benzene rings is 4. The third-order valence-electron chi connectivity index (χ3n) is 7.51. The van der Waals surface area contributed by atoms with E-state index in [4.69, 9.17) is 31.5 Å². The van der Waals surface area contributed by atoms with E-state index in [0.717, 1.165) is 4.47 Å². The standard InChI is InChI=1S/C17H15BrClFN4O3.C17H15BrF2N4O3/c2*1-24-8-21-16-13(24)7-10(17(26)23-27-5-4-25)15(14(16)20)22-12-3-2-9(18)6-11(12)19/h2*2-3,6-8,22,25H,4-5H2,1H3,(H,23,26). The van der Waals surface area contributed by atoms with Crippen LogP contribution in [0.1, 0.15) is 20.7 Å². The number of nitrogens with zero attached hydrogens (tertiary/aromatic N) is 4. The monoisotopic (exact) mass is 896 g/mol. The molecule has 6 N–H and O–H groups in total. The van der Waals surface area contributed by atoms with Gasteiger partial charge in [0.25, 0.3) is 11.8 Å². The van der Waals surface area contributed by atoms with E-state index in [1.165, 1.54) is 36.9 Å². The van der Waals surface area contributed by atoms with Crippen LogP contribution in [0.15, 0.2) is 70.1 Å². The van der Waals surface area contributed by atoms with Gasteiger partial charge in [-0.15, -0.1) is 0 Å². The normalized spacial score (nSPS) is 11.0. The van der Waals surface area contributed by atoms with Gasteiger partial charge in [0, 0.05) is 23.0 Å². The van der Waals surface area contributed by atoms with Gasteiger partial charge in [0.2, 0.25) is 0 Å². The predicted molar refractivity (Wildman–Crippen MR) is 202 cm³/mol. The van der Waals surface area contributed by atoms with Gasteiger partial charge in [0.15, 0.2) is 11.6 Å². The van der Waals surface area contributed by atoms with Crippen molar-refractivity contribution in [3.8, 4) is 0 Å². The average molecular weight is 899 g/mol. The second-order valence-electron chi connectivity index (χ2n) is 11.2. The van der Waals surface area contributed by atoms with Gasteiger partial charge in [-0.25, -0.2) is 34.1 Å². The number of hydroxylamine groups is 2. The van der Waals surface area contributed by atoms with Gasteiger partial charge in [-0.3, -0.25) is 19.3 Å². The quantitative estimate of drug-likeness (QED) is 0.0585. The largest absolute Gasteiger partial charge is 0.394 e. The lowest BCUT2D eigenvalue weighted by Crippen LogP contribution is -2.26. The number of carbonyl (C=O) groups is 2. The van der Waals surface area contributed by atoms with Crippen LogP contribution in [0.5, 0.6) is 0 Å². The number of aliphatic hydroxyl groups is 2. The molecular weight excluding hydrogens is 869 g/mol. The molecule has 284 valence electrons. The maximum atomic E-state index is 15.1. The number of imidazole rings is 2. The Hall–Kier alpha value is -4.76. The molecule has 20 heteroatoms. The second kappa shape index (κ2) is 18.0. The van der Waals surface area contributed by atoms with E-state index in [-0.39, 0.29) is 65.6 Å². The number of aromatic nitrogens is 4. The molecule has 14 nitrogen and oxygen atoms in total. The molecule has 0 aliphatic carbocycles. The third-order valence-corrected chi connectivity index (χ3v) is 8.81. The summed E-state index contributed by atoms with van der Waals surface area (Å²) in [6, 6.07) is 12.1. The number of aliphatic hydroxyl groups excluding tert-OH is 2. The Balaban J connectivity index is 0.000000208. The second-order valence-corrected chi connectivity index (χ2v) is 13.4. The molecule has 0 unspecified atom stereocenters. The number of nitrogens with one attached hydrogen (secondary N) is 4. The SMILES string of the molecule is Cn1cnc2c(F)c(Nc3ccc(Br)cc3Cl)c(C(=O)NOCCO)cc21.Cn1cnc2c(F)c(Nc3ccc(Br)cc3F)c(C(=O)NOCCO)cc21. The Labute approximate surface area is 326 Å². The van der Waals surface area contributed by atoms with Crippen molar-refractivity contribution in [2.45, 2.75) is 0 Å². The molecule has 0 aliphatic heterocycles. The molecule has 6 aromatic rings. The first-order chi connectivity index (χ1) is 25.8. The van der Waals surface area contributed by atoms with E-state index in [0.29, 0.717) is 26.2 Å². The minimum atomic E-state index is -0.803. The van der Waals surface area contributed by atoms with Gasteiger partial charge in [-0.2, -0.15) is 0 Å². The molecule has 54 heavy (non-hydrogen) atoms. The van der Waals surface area contributed by atoms with Crippen molar-refractivity contribution in [3.05, 3.63) is 104 Å². The van der Waals surface area contributed by atoms with Crippen LogP contribution in [0, 0.1) is 17.5 Å². The molecule has 0 fully saturated rings. The first kappa shape index (κ1) is 40.4. The van der Waals surface area contributed by atoms with E-state index < -0.39 is 29.3 Å². The summed E-state index contributed by atoms with van der Waals surface area (Å²) in [5.41, 5.74) is 5.22. The molecule has 0 spiro atoms. The van der Waals surface area contributed by atoms with Gasteiger partial charge in [0.05, 0.1) is 89.0 Å². The molecule has 0 radical (unpaired) electrons. The summed E-state index contributed by atoms with van der Waals surface area (Å²) < 4.78 is 48.8. The van der Waals surface area contributed by atoms with Crippen LogP contribution in [-0.4, -0.2) is 67.6 Å². The number of carbonyl (C=O) groups excluding carboxylic acids is 2. The molecule has 0 aliphatic rings. The van der Waals surface area contributed by atoms with Crippen molar-refractivity contribution in [3.63, 3.8) is 0 Å². The van der Waals surface area contributed by atoms with Crippen LogP contribution in [-0.2, 0) is 23.8 Å². The molecule has 0 saturated carbocycles. The van der Waals surface area contributed by atoms with Crippen LogP contribution in [0.2, 0.25) is 5.02 Å². The summed E-state index contributed by atoms with van der Waals surface area (Å²) in [7, 11) is 3.34. The number of fused-ring (bicyclic) bond motifs is 2. The number of aryl methyl sites for hydroxylation is 2. The summed E-state index contributed by atoms with van der Waals surface area (Å²) >= 11 is 12.7. The zero-order valence-electron chi connectivity index (χ0n) is 28.2.